The standard InChI is InChI=1S/C16H22N4O3S2/c1-11(12-8-6-5-7-9-12)10-17-25(22,23)15-20-19-14(24-15)18-13(21)16(2,3)4/h5-9,11,17H,10H2,1-4H3,(H,18,19,21)/t11-/m1/s1. The van der Waals surface area contributed by atoms with Crippen LogP contribution < -0.4 is 10.0 Å². The van der Waals surface area contributed by atoms with Gasteiger partial charge in [-0.25, -0.2) is 13.1 Å². The van der Waals surface area contributed by atoms with Crippen molar-refractivity contribution in [2.75, 3.05) is 11.9 Å². The van der Waals surface area contributed by atoms with Gasteiger partial charge in [-0.05, 0) is 11.5 Å². The predicted molar refractivity (Wildman–Crippen MR) is 98.0 cm³/mol. The summed E-state index contributed by atoms with van der Waals surface area (Å²) in [7, 11) is -3.77. The smallest absolute Gasteiger partial charge is 0.269 e. The number of sulfonamides is 1. The van der Waals surface area contributed by atoms with Crippen LogP contribution in [0.2, 0.25) is 0 Å². The van der Waals surface area contributed by atoms with E-state index in [1.807, 2.05) is 37.3 Å². The fourth-order valence-corrected chi connectivity index (χ4v) is 3.92. The van der Waals surface area contributed by atoms with Gasteiger partial charge in [-0.2, -0.15) is 0 Å². The molecule has 0 spiro atoms. The minimum atomic E-state index is -3.77. The average molecular weight is 383 g/mol. The highest BCUT2D eigenvalue weighted by Gasteiger charge is 2.25. The number of amides is 1. The fourth-order valence-electron chi connectivity index (χ4n) is 1.85. The number of aromatic nitrogens is 2. The zero-order valence-electron chi connectivity index (χ0n) is 14.6. The monoisotopic (exact) mass is 382 g/mol. The second-order valence-electron chi connectivity index (χ2n) is 6.74. The number of carbonyl (C=O) groups is 1. The summed E-state index contributed by atoms with van der Waals surface area (Å²) in [6.45, 7) is 7.46. The van der Waals surface area contributed by atoms with Crippen LogP contribution in [0.15, 0.2) is 34.7 Å². The van der Waals surface area contributed by atoms with Crippen molar-refractivity contribution >= 4 is 32.4 Å². The lowest BCUT2D eigenvalue weighted by atomic mass is 9.96. The van der Waals surface area contributed by atoms with E-state index in [1.54, 1.807) is 20.8 Å². The molecule has 0 unspecified atom stereocenters. The van der Waals surface area contributed by atoms with Crippen molar-refractivity contribution in [3.8, 4) is 0 Å². The Morgan fingerprint density at radius 3 is 2.44 bits per heavy atom. The summed E-state index contributed by atoms with van der Waals surface area (Å²) < 4.78 is 27.1. The molecule has 1 aromatic heterocycles. The molecule has 7 nitrogen and oxygen atoms in total. The molecule has 2 aromatic rings. The zero-order valence-corrected chi connectivity index (χ0v) is 16.2. The number of nitrogens with zero attached hydrogens (tertiary/aromatic N) is 2. The molecule has 0 fully saturated rings. The lowest BCUT2D eigenvalue weighted by molar-refractivity contribution is -0.123. The molecule has 0 bridgehead atoms. The lowest BCUT2D eigenvalue weighted by Crippen LogP contribution is -2.27. The van der Waals surface area contributed by atoms with Crippen LogP contribution in [0.1, 0.15) is 39.2 Å². The highest BCUT2D eigenvalue weighted by Crippen LogP contribution is 2.23. The van der Waals surface area contributed by atoms with Gasteiger partial charge in [0.25, 0.3) is 10.0 Å². The quantitative estimate of drug-likeness (QED) is 0.748. The van der Waals surface area contributed by atoms with Gasteiger partial charge in [0.05, 0.1) is 0 Å². The normalized spacial score (nSPS) is 13.4. The van der Waals surface area contributed by atoms with Crippen LogP contribution in [0.5, 0.6) is 0 Å². The number of nitrogens with one attached hydrogen (secondary N) is 2. The van der Waals surface area contributed by atoms with Crippen molar-refractivity contribution in [2.24, 2.45) is 5.41 Å². The molecule has 0 saturated carbocycles. The Balaban J connectivity index is 2.02. The third-order valence-corrected chi connectivity index (χ3v) is 6.12. The van der Waals surface area contributed by atoms with Crippen molar-refractivity contribution in [2.45, 2.75) is 38.0 Å². The molecule has 1 amide bonds. The van der Waals surface area contributed by atoms with Gasteiger partial charge < -0.3 is 5.32 Å². The summed E-state index contributed by atoms with van der Waals surface area (Å²) in [4.78, 5) is 11.9. The summed E-state index contributed by atoms with van der Waals surface area (Å²) in [5.41, 5.74) is 0.439. The topological polar surface area (TPSA) is 101 Å². The van der Waals surface area contributed by atoms with Crippen LogP contribution >= 0.6 is 11.3 Å². The highest BCUT2D eigenvalue weighted by molar-refractivity contribution is 7.91. The van der Waals surface area contributed by atoms with Gasteiger partial charge in [0, 0.05) is 12.0 Å². The maximum absolute atomic E-state index is 12.3. The number of hydrogen-bond acceptors (Lipinski definition) is 6. The van der Waals surface area contributed by atoms with E-state index >= 15 is 0 Å². The molecule has 1 heterocycles. The Morgan fingerprint density at radius 1 is 1.20 bits per heavy atom. The average Bonchev–Trinajstić information content (AvgIpc) is 3.02. The highest BCUT2D eigenvalue weighted by atomic mass is 32.2. The van der Waals surface area contributed by atoms with Crippen molar-refractivity contribution in [1.29, 1.82) is 0 Å². The van der Waals surface area contributed by atoms with Gasteiger partial charge in [0.2, 0.25) is 15.4 Å². The molecule has 136 valence electrons. The largest absolute Gasteiger partial charge is 0.300 e. The van der Waals surface area contributed by atoms with Crippen molar-refractivity contribution in [3.05, 3.63) is 35.9 Å². The zero-order chi connectivity index (χ0) is 18.7. The summed E-state index contributed by atoms with van der Waals surface area (Å²) in [6, 6.07) is 9.63. The van der Waals surface area contributed by atoms with Gasteiger partial charge >= 0.3 is 0 Å². The molecule has 9 heteroatoms. The van der Waals surface area contributed by atoms with Crippen molar-refractivity contribution < 1.29 is 13.2 Å². The molecule has 0 radical (unpaired) electrons. The second kappa shape index (κ2) is 7.59. The van der Waals surface area contributed by atoms with E-state index in [0.29, 0.717) is 0 Å². The van der Waals surface area contributed by atoms with Gasteiger partial charge in [0.15, 0.2) is 0 Å². The number of rotatable bonds is 6. The number of benzene rings is 1. The number of carbonyl (C=O) groups excluding carboxylic acids is 1. The third kappa shape index (κ3) is 5.32. The molecule has 2 N–H and O–H groups in total. The van der Waals surface area contributed by atoms with Gasteiger partial charge in [-0.15, -0.1) is 10.2 Å². The molecule has 0 aliphatic carbocycles. The van der Waals surface area contributed by atoms with Crippen LogP contribution in [-0.2, 0) is 14.8 Å². The summed E-state index contributed by atoms with van der Waals surface area (Å²) in [6.07, 6.45) is 0. The Hall–Kier alpha value is -1.84. The third-order valence-electron chi connectivity index (χ3n) is 3.49. The van der Waals surface area contributed by atoms with E-state index in [1.165, 1.54) is 0 Å². The lowest BCUT2D eigenvalue weighted by Gasteiger charge is -2.15. The van der Waals surface area contributed by atoms with E-state index in [-0.39, 0.29) is 27.8 Å². The Labute approximate surface area is 151 Å². The van der Waals surface area contributed by atoms with Gasteiger partial charge in [-0.1, -0.05) is 69.4 Å². The van der Waals surface area contributed by atoms with Crippen LogP contribution in [0, 0.1) is 5.41 Å². The molecule has 1 aromatic carbocycles. The maximum atomic E-state index is 12.3. The van der Waals surface area contributed by atoms with Crippen LogP contribution in [0.25, 0.3) is 0 Å². The Kier molecular flexibility index (Phi) is 5.91. The molecule has 0 aliphatic heterocycles. The van der Waals surface area contributed by atoms with Crippen molar-refractivity contribution in [3.63, 3.8) is 0 Å². The molecule has 0 saturated heterocycles. The first kappa shape index (κ1) is 19.5. The predicted octanol–water partition coefficient (Wildman–Crippen LogP) is 2.60. The summed E-state index contributed by atoms with van der Waals surface area (Å²) in [5, 5.41) is 10.2. The molecular formula is C16H22N4O3S2. The Morgan fingerprint density at radius 2 is 1.84 bits per heavy atom. The van der Waals surface area contributed by atoms with E-state index in [2.05, 4.69) is 20.2 Å². The minimum absolute atomic E-state index is 0.0176. The summed E-state index contributed by atoms with van der Waals surface area (Å²) >= 11 is 0.827. The maximum Gasteiger partial charge on any atom is 0.269 e. The first-order valence-electron chi connectivity index (χ1n) is 7.79. The van der Waals surface area contributed by atoms with E-state index in [4.69, 9.17) is 0 Å². The fraction of sp³-hybridized carbons (Fsp3) is 0.438. The van der Waals surface area contributed by atoms with Crippen LogP contribution in [0.4, 0.5) is 5.13 Å². The Bertz CT molecular complexity index is 827. The van der Waals surface area contributed by atoms with Crippen LogP contribution in [0.3, 0.4) is 0 Å². The van der Waals surface area contributed by atoms with Gasteiger partial charge in [-0.3, -0.25) is 4.79 Å². The van der Waals surface area contributed by atoms with E-state index in [0.717, 1.165) is 16.9 Å². The second-order valence-corrected chi connectivity index (χ2v) is 9.66. The minimum Gasteiger partial charge on any atom is -0.300 e. The van der Waals surface area contributed by atoms with E-state index in [9.17, 15) is 13.2 Å². The number of anilines is 1. The molecular weight excluding hydrogens is 360 g/mol. The van der Waals surface area contributed by atoms with Crippen molar-refractivity contribution in [1.82, 2.24) is 14.9 Å². The molecule has 25 heavy (non-hydrogen) atoms. The van der Waals surface area contributed by atoms with E-state index < -0.39 is 15.4 Å². The summed E-state index contributed by atoms with van der Waals surface area (Å²) in [5.74, 6) is -0.234. The molecule has 1 atom stereocenters. The van der Waals surface area contributed by atoms with Gasteiger partial charge in [0.1, 0.15) is 0 Å². The first-order chi connectivity index (χ1) is 11.6. The SMILES string of the molecule is C[C@H](CNS(=O)(=O)c1nnc(NC(=O)C(C)(C)C)s1)c1ccccc1. The molecule has 0 aliphatic rings. The first-order valence-corrected chi connectivity index (χ1v) is 10.1. The molecule has 2 rings (SSSR count). The van der Waals surface area contributed by atoms with Crippen LogP contribution in [-0.4, -0.2) is 31.1 Å². The number of hydrogen-bond donors (Lipinski definition) is 2.